The topological polar surface area (TPSA) is 75.4 Å². The van der Waals surface area contributed by atoms with Gasteiger partial charge in [-0.2, -0.15) is 20.1 Å². The largest absolute Gasteiger partial charge is 0.335 e. The van der Waals surface area contributed by atoms with E-state index in [2.05, 4.69) is 41.3 Å². The van der Waals surface area contributed by atoms with Gasteiger partial charge in [-0.25, -0.2) is 0 Å². The summed E-state index contributed by atoms with van der Waals surface area (Å²) in [5, 5.41) is 12.0. The molecule has 0 radical (unpaired) electrons. The molecule has 2 heterocycles. The number of hydrazone groups is 1. The zero-order valence-electron chi connectivity index (χ0n) is 15.2. The van der Waals surface area contributed by atoms with Crippen LogP contribution in [-0.2, 0) is 0 Å². The lowest BCUT2D eigenvalue weighted by atomic mass is 9.88. The molecule has 0 saturated carbocycles. The molecule has 0 unspecified atom stereocenters. The monoisotopic (exact) mass is 352 g/mol. The fourth-order valence-corrected chi connectivity index (χ4v) is 3.35. The van der Waals surface area contributed by atoms with E-state index < -0.39 is 0 Å². The van der Waals surface area contributed by atoms with E-state index in [-0.39, 0.29) is 11.9 Å². The second kappa shape index (κ2) is 7.95. The number of aromatic nitrogens is 3. The molecule has 0 spiro atoms. The summed E-state index contributed by atoms with van der Waals surface area (Å²) in [6.45, 7) is 8.27. The molecule has 1 aliphatic rings. The number of hydrogen-bond donors (Lipinski definition) is 1. The van der Waals surface area contributed by atoms with Gasteiger partial charge in [-0.05, 0) is 44.7 Å². The van der Waals surface area contributed by atoms with E-state index in [0.717, 1.165) is 12.8 Å². The molecule has 1 fully saturated rings. The fraction of sp³-hybridized carbons (Fsp3) is 0.368. The Morgan fingerprint density at radius 3 is 2.77 bits per heavy atom. The van der Waals surface area contributed by atoms with E-state index in [1.165, 1.54) is 10.4 Å². The van der Waals surface area contributed by atoms with Crippen molar-refractivity contribution in [3.8, 4) is 5.69 Å². The Labute approximate surface area is 153 Å². The minimum Gasteiger partial charge on any atom is -0.335 e. The van der Waals surface area contributed by atoms with Gasteiger partial charge in [0.1, 0.15) is 0 Å². The lowest BCUT2D eigenvalue weighted by Crippen LogP contribution is -2.46. The van der Waals surface area contributed by atoms with E-state index in [0.29, 0.717) is 23.7 Å². The summed E-state index contributed by atoms with van der Waals surface area (Å²) in [7, 11) is 0. The summed E-state index contributed by atoms with van der Waals surface area (Å²) in [5.41, 5.74) is 5.27. The number of para-hydroxylation sites is 1. The van der Waals surface area contributed by atoms with Crippen LogP contribution in [0, 0.1) is 5.92 Å². The SMILES string of the molecule is C=NN/C=C(\C)[C@@H]1CC[C@@H](C)N(C(=O)c2ccccc2-n2nccn2)C1. The number of likely N-dealkylation sites (tertiary alicyclic amines) is 1. The van der Waals surface area contributed by atoms with Crippen molar-refractivity contribution < 1.29 is 4.79 Å². The second-order valence-corrected chi connectivity index (χ2v) is 6.59. The Morgan fingerprint density at radius 2 is 2.04 bits per heavy atom. The van der Waals surface area contributed by atoms with Gasteiger partial charge >= 0.3 is 0 Å². The van der Waals surface area contributed by atoms with Crippen LogP contribution in [0.3, 0.4) is 0 Å². The van der Waals surface area contributed by atoms with Gasteiger partial charge in [0, 0.05) is 25.5 Å². The number of piperidine rings is 1. The van der Waals surface area contributed by atoms with Crippen LogP contribution in [0.4, 0.5) is 0 Å². The first-order valence-corrected chi connectivity index (χ1v) is 8.76. The molecule has 0 aliphatic carbocycles. The maximum atomic E-state index is 13.3. The van der Waals surface area contributed by atoms with Crippen molar-refractivity contribution in [3.63, 3.8) is 0 Å². The molecular weight excluding hydrogens is 328 g/mol. The van der Waals surface area contributed by atoms with Gasteiger partial charge in [-0.1, -0.05) is 17.7 Å². The summed E-state index contributed by atoms with van der Waals surface area (Å²) in [4.78, 5) is 16.7. The highest BCUT2D eigenvalue weighted by molar-refractivity contribution is 5.98. The number of amides is 1. The lowest BCUT2D eigenvalue weighted by Gasteiger charge is -2.38. The number of hydrogen-bond acceptors (Lipinski definition) is 5. The summed E-state index contributed by atoms with van der Waals surface area (Å²) < 4.78 is 0. The van der Waals surface area contributed by atoms with Crippen molar-refractivity contribution in [2.24, 2.45) is 11.0 Å². The summed E-state index contributed by atoms with van der Waals surface area (Å²) >= 11 is 0. The third-order valence-corrected chi connectivity index (χ3v) is 4.94. The van der Waals surface area contributed by atoms with Crippen molar-refractivity contribution in [2.75, 3.05) is 6.54 Å². The van der Waals surface area contributed by atoms with Gasteiger partial charge in [0.05, 0.1) is 23.6 Å². The van der Waals surface area contributed by atoms with Crippen molar-refractivity contribution in [1.29, 1.82) is 0 Å². The highest BCUT2D eigenvalue weighted by Gasteiger charge is 2.31. The van der Waals surface area contributed by atoms with Crippen molar-refractivity contribution in [2.45, 2.75) is 32.7 Å². The van der Waals surface area contributed by atoms with Gasteiger partial charge in [0.25, 0.3) is 5.91 Å². The fourth-order valence-electron chi connectivity index (χ4n) is 3.35. The predicted molar refractivity (Wildman–Crippen MR) is 101 cm³/mol. The lowest BCUT2D eigenvalue weighted by molar-refractivity contribution is 0.0585. The maximum Gasteiger partial charge on any atom is 0.256 e. The van der Waals surface area contributed by atoms with Gasteiger partial charge in [0.15, 0.2) is 0 Å². The third-order valence-electron chi connectivity index (χ3n) is 4.94. The molecule has 7 nitrogen and oxygen atoms in total. The van der Waals surface area contributed by atoms with Crippen molar-refractivity contribution in [1.82, 2.24) is 25.3 Å². The number of nitrogens with zero attached hydrogens (tertiary/aromatic N) is 5. The first kappa shape index (κ1) is 17.8. The van der Waals surface area contributed by atoms with Crippen LogP contribution < -0.4 is 5.43 Å². The smallest absolute Gasteiger partial charge is 0.256 e. The van der Waals surface area contributed by atoms with Gasteiger partial charge in [-0.15, -0.1) is 0 Å². The average molecular weight is 352 g/mol. The number of benzene rings is 1. The van der Waals surface area contributed by atoms with Crippen LogP contribution in [0.15, 0.2) is 53.5 Å². The van der Waals surface area contributed by atoms with Crippen LogP contribution in [0.5, 0.6) is 0 Å². The van der Waals surface area contributed by atoms with Gasteiger partial charge < -0.3 is 4.90 Å². The molecule has 2 aromatic rings. The minimum atomic E-state index is 0.0118. The standard InChI is InChI=1S/C19H24N6O/c1-14(12-21-20-3)16-9-8-15(2)24(13-16)19(26)17-6-4-5-7-18(17)25-22-10-11-23-25/h4-7,10-12,15-16,21H,3,8-9,13H2,1-2H3/b14-12+/t15-,16-/m1/s1. The Bertz CT molecular complexity index is 798. The molecule has 1 saturated heterocycles. The van der Waals surface area contributed by atoms with Gasteiger partial charge in [0.2, 0.25) is 0 Å². The number of nitrogens with one attached hydrogen (secondary N) is 1. The Balaban J connectivity index is 1.86. The zero-order valence-corrected chi connectivity index (χ0v) is 15.2. The quantitative estimate of drug-likeness (QED) is 0.663. The summed E-state index contributed by atoms with van der Waals surface area (Å²) in [6.07, 6.45) is 7.09. The highest BCUT2D eigenvalue weighted by Crippen LogP contribution is 2.29. The molecule has 26 heavy (non-hydrogen) atoms. The molecule has 136 valence electrons. The summed E-state index contributed by atoms with van der Waals surface area (Å²) in [6, 6.07) is 7.65. The second-order valence-electron chi connectivity index (χ2n) is 6.59. The van der Waals surface area contributed by atoms with Crippen LogP contribution in [0.25, 0.3) is 5.69 Å². The average Bonchev–Trinajstić information content (AvgIpc) is 3.20. The first-order valence-electron chi connectivity index (χ1n) is 8.76. The molecule has 2 atom stereocenters. The molecule has 1 N–H and O–H groups in total. The van der Waals surface area contributed by atoms with E-state index in [4.69, 9.17) is 0 Å². The maximum absolute atomic E-state index is 13.3. The normalized spacial score (nSPS) is 20.7. The molecular formula is C19H24N6O. The molecule has 1 amide bonds. The molecule has 3 rings (SSSR count). The number of rotatable bonds is 5. The van der Waals surface area contributed by atoms with E-state index >= 15 is 0 Å². The van der Waals surface area contributed by atoms with Crippen LogP contribution in [-0.4, -0.2) is 45.1 Å². The van der Waals surface area contributed by atoms with Crippen molar-refractivity contribution in [3.05, 3.63) is 54.0 Å². The number of carbonyl (C=O) groups excluding carboxylic acids is 1. The molecule has 1 aliphatic heterocycles. The van der Waals surface area contributed by atoms with Gasteiger partial charge in [-0.3, -0.25) is 10.2 Å². The minimum absolute atomic E-state index is 0.0118. The third kappa shape index (κ3) is 3.66. The van der Waals surface area contributed by atoms with Crippen molar-refractivity contribution >= 4 is 12.6 Å². The molecule has 7 heteroatoms. The Morgan fingerprint density at radius 1 is 1.31 bits per heavy atom. The van der Waals surface area contributed by atoms with E-state index in [1.807, 2.05) is 35.4 Å². The van der Waals surface area contributed by atoms with Crippen LogP contribution >= 0.6 is 0 Å². The Kier molecular flexibility index (Phi) is 5.46. The van der Waals surface area contributed by atoms with E-state index in [9.17, 15) is 4.79 Å². The summed E-state index contributed by atoms with van der Waals surface area (Å²) in [5.74, 6) is 0.317. The van der Waals surface area contributed by atoms with E-state index in [1.54, 1.807) is 12.4 Å². The number of carbonyl (C=O) groups is 1. The predicted octanol–water partition coefficient (Wildman–Crippen LogP) is 2.62. The molecule has 0 bridgehead atoms. The molecule has 1 aromatic heterocycles. The van der Waals surface area contributed by atoms with Crippen LogP contribution in [0.2, 0.25) is 0 Å². The molecule has 1 aromatic carbocycles. The highest BCUT2D eigenvalue weighted by atomic mass is 16.2. The Hall–Kier alpha value is -2.96. The first-order chi connectivity index (χ1) is 12.6. The zero-order chi connectivity index (χ0) is 18.5. The van der Waals surface area contributed by atoms with Crippen LogP contribution in [0.1, 0.15) is 37.0 Å².